The molecule has 0 fully saturated rings. The summed E-state index contributed by atoms with van der Waals surface area (Å²) in [6, 6.07) is 0. The predicted molar refractivity (Wildman–Crippen MR) is 58.4 cm³/mol. The first kappa shape index (κ1) is 19.7. The van der Waals surface area contributed by atoms with Gasteiger partial charge in [-0.1, -0.05) is 0 Å². The zero-order valence-corrected chi connectivity index (χ0v) is 9.81. The van der Waals surface area contributed by atoms with Gasteiger partial charge in [0.15, 0.2) is 0 Å². The number of hydrogen-bond donors (Lipinski definition) is 4. The summed E-state index contributed by atoms with van der Waals surface area (Å²) >= 11 is 0. The molecule has 0 amide bonds. The van der Waals surface area contributed by atoms with E-state index in [2.05, 4.69) is 36.2 Å². The molecule has 0 atom stereocenters. The van der Waals surface area contributed by atoms with Crippen molar-refractivity contribution < 1.29 is 17.5 Å². The summed E-state index contributed by atoms with van der Waals surface area (Å²) in [4.78, 5) is 4.41. The highest BCUT2D eigenvalue weighted by Gasteiger charge is 2.03. The Labute approximate surface area is 90.3 Å². The summed E-state index contributed by atoms with van der Waals surface area (Å²) in [5.41, 5.74) is 0. The third kappa shape index (κ3) is 15.9. The predicted octanol–water partition coefficient (Wildman–Crippen LogP) is 0.354. The van der Waals surface area contributed by atoms with E-state index in [9.17, 15) is 0 Å². The Hall–Kier alpha value is -0.870. The lowest BCUT2D eigenvalue weighted by Gasteiger charge is -2.14. The molecule has 94 valence electrons. The molecule has 0 aliphatic carbocycles. The molecule has 9 heteroatoms. The van der Waals surface area contributed by atoms with Gasteiger partial charge < -0.3 is 22.1 Å². The molecule has 0 spiro atoms. The van der Waals surface area contributed by atoms with Crippen LogP contribution >= 0.6 is 0 Å². The van der Waals surface area contributed by atoms with Crippen molar-refractivity contribution in [1.29, 1.82) is 0 Å². The first-order chi connectivity index (χ1) is 5.83. The second-order valence-corrected chi connectivity index (χ2v) is 3.45. The minimum Gasteiger partial charge on any atom is -0.362 e. The maximum absolute atomic E-state index is 8.74. The van der Waals surface area contributed by atoms with Gasteiger partial charge in [0.2, 0.25) is 0 Å². The standard InChI is InChI=1S/C6H12N2.2H3N.H2O4S/c1-3-8-5-4-7(2)6-8;;;1-5(2,3)4/h4-5H,3,6H2,1-2H3;2*1H3;(H2,1,2,3,4). The van der Waals surface area contributed by atoms with E-state index in [4.69, 9.17) is 17.5 Å². The van der Waals surface area contributed by atoms with Crippen molar-refractivity contribution in [2.24, 2.45) is 0 Å². The van der Waals surface area contributed by atoms with E-state index in [1.54, 1.807) is 0 Å². The average Bonchev–Trinajstić information content (AvgIpc) is 2.31. The minimum atomic E-state index is -4.67. The molecule has 0 saturated carbocycles. The van der Waals surface area contributed by atoms with Crippen LogP contribution in [-0.4, -0.2) is 47.6 Å². The van der Waals surface area contributed by atoms with Crippen LogP contribution in [0.5, 0.6) is 0 Å². The Morgan fingerprint density at radius 1 is 1.27 bits per heavy atom. The zero-order valence-electron chi connectivity index (χ0n) is 9.00. The highest BCUT2D eigenvalue weighted by atomic mass is 32.3. The van der Waals surface area contributed by atoms with Crippen molar-refractivity contribution in [3.8, 4) is 0 Å². The van der Waals surface area contributed by atoms with Crippen LogP contribution in [0.3, 0.4) is 0 Å². The molecular formula is C6H20N4O4S. The highest BCUT2D eigenvalue weighted by molar-refractivity contribution is 7.79. The second-order valence-electron chi connectivity index (χ2n) is 2.55. The van der Waals surface area contributed by atoms with Gasteiger partial charge in [0.1, 0.15) is 0 Å². The topological polar surface area (TPSA) is 151 Å². The van der Waals surface area contributed by atoms with Crippen molar-refractivity contribution in [2.45, 2.75) is 6.92 Å². The van der Waals surface area contributed by atoms with Gasteiger partial charge >= 0.3 is 10.4 Å². The summed E-state index contributed by atoms with van der Waals surface area (Å²) < 4.78 is 31.6. The fourth-order valence-corrected chi connectivity index (χ4v) is 0.794. The molecule has 0 bridgehead atoms. The molecule has 0 unspecified atom stereocenters. The Morgan fingerprint density at radius 3 is 1.80 bits per heavy atom. The van der Waals surface area contributed by atoms with Crippen LogP contribution in [0.4, 0.5) is 0 Å². The van der Waals surface area contributed by atoms with E-state index in [0.29, 0.717) is 0 Å². The van der Waals surface area contributed by atoms with Crippen molar-refractivity contribution in [1.82, 2.24) is 22.1 Å². The third-order valence-electron chi connectivity index (χ3n) is 1.34. The molecule has 0 aromatic heterocycles. The largest absolute Gasteiger partial charge is 0.394 e. The van der Waals surface area contributed by atoms with Gasteiger partial charge in [0, 0.05) is 26.0 Å². The van der Waals surface area contributed by atoms with Gasteiger partial charge in [-0.05, 0) is 6.92 Å². The monoisotopic (exact) mass is 244 g/mol. The molecular weight excluding hydrogens is 224 g/mol. The minimum absolute atomic E-state index is 0. The van der Waals surface area contributed by atoms with E-state index in [0.717, 1.165) is 13.2 Å². The fraction of sp³-hybridized carbons (Fsp3) is 0.667. The van der Waals surface area contributed by atoms with Crippen LogP contribution in [0.15, 0.2) is 12.4 Å². The van der Waals surface area contributed by atoms with Crippen LogP contribution in [0.25, 0.3) is 0 Å². The fourth-order valence-electron chi connectivity index (χ4n) is 0.794. The molecule has 1 rings (SSSR count). The number of rotatable bonds is 1. The first-order valence-electron chi connectivity index (χ1n) is 3.65. The molecule has 0 saturated heterocycles. The lowest BCUT2D eigenvalue weighted by Crippen LogP contribution is -2.21. The van der Waals surface area contributed by atoms with Crippen molar-refractivity contribution in [2.75, 3.05) is 20.3 Å². The van der Waals surface area contributed by atoms with Crippen molar-refractivity contribution in [3.63, 3.8) is 0 Å². The van der Waals surface area contributed by atoms with E-state index in [-0.39, 0.29) is 12.3 Å². The van der Waals surface area contributed by atoms with Crippen molar-refractivity contribution >= 4 is 10.4 Å². The lowest BCUT2D eigenvalue weighted by atomic mass is 10.6. The normalized spacial score (nSPS) is 13.6. The molecule has 1 aliphatic heterocycles. The Morgan fingerprint density at radius 2 is 1.67 bits per heavy atom. The maximum Gasteiger partial charge on any atom is 0.394 e. The molecule has 8 N–H and O–H groups in total. The SMILES string of the molecule is CCN1C=CN(C)C1.N.N.O=S(=O)(O)O. The van der Waals surface area contributed by atoms with E-state index in [1.807, 2.05) is 0 Å². The van der Waals surface area contributed by atoms with Crippen LogP contribution in [0.1, 0.15) is 6.92 Å². The first-order valence-corrected chi connectivity index (χ1v) is 5.05. The van der Waals surface area contributed by atoms with Crippen LogP contribution in [0.2, 0.25) is 0 Å². The molecule has 15 heavy (non-hydrogen) atoms. The van der Waals surface area contributed by atoms with Gasteiger partial charge in [-0.2, -0.15) is 8.42 Å². The summed E-state index contributed by atoms with van der Waals surface area (Å²) in [5, 5.41) is 0. The van der Waals surface area contributed by atoms with E-state index < -0.39 is 10.4 Å². The lowest BCUT2D eigenvalue weighted by molar-refractivity contribution is 0.308. The smallest absolute Gasteiger partial charge is 0.362 e. The number of hydrogen-bond acceptors (Lipinski definition) is 6. The van der Waals surface area contributed by atoms with Gasteiger partial charge in [-0.25, -0.2) is 0 Å². The Bertz CT molecular complexity index is 258. The number of nitrogens with zero attached hydrogens (tertiary/aromatic N) is 2. The Balaban J connectivity index is -0.000000185. The molecule has 0 radical (unpaired) electrons. The van der Waals surface area contributed by atoms with Gasteiger partial charge in [-0.15, -0.1) is 0 Å². The summed E-state index contributed by atoms with van der Waals surface area (Å²) in [5.74, 6) is 0. The molecule has 0 aromatic carbocycles. The zero-order chi connectivity index (χ0) is 10.5. The molecule has 1 heterocycles. The maximum atomic E-state index is 8.74. The van der Waals surface area contributed by atoms with Crippen LogP contribution < -0.4 is 12.3 Å². The summed E-state index contributed by atoms with van der Waals surface area (Å²) in [6.07, 6.45) is 4.20. The second kappa shape index (κ2) is 8.44. The van der Waals surface area contributed by atoms with E-state index in [1.165, 1.54) is 0 Å². The quantitative estimate of drug-likeness (QED) is 0.482. The van der Waals surface area contributed by atoms with Crippen LogP contribution in [-0.2, 0) is 10.4 Å². The molecule has 8 nitrogen and oxygen atoms in total. The summed E-state index contributed by atoms with van der Waals surface area (Å²) in [7, 11) is -2.59. The summed E-state index contributed by atoms with van der Waals surface area (Å²) in [6.45, 7) is 4.32. The van der Waals surface area contributed by atoms with Crippen LogP contribution in [0, 0.1) is 0 Å². The van der Waals surface area contributed by atoms with Gasteiger partial charge in [0.25, 0.3) is 0 Å². The third-order valence-corrected chi connectivity index (χ3v) is 1.34. The van der Waals surface area contributed by atoms with Crippen molar-refractivity contribution in [3.05, 3.63) is 12.4 Å². The highest BCUT2D eigenvalue weighted by Crippen LogP contribution is 2.00. The van der Waals surface area contributed by atoms with Gasteiger partial charge in [-0.3, -0.25) is 9.11 Å². The molecule has 0 aromatic rings. The van der Waals surface area contributed by atoms with Gasteiger partial charge in [0.05, 0.1) is 6.67 Å². The Kier molecular flexibility index (Phi) is 11.1. The van der Waals surface area contributed by atoms with E-state index >= 15 is 0 Å². The average molecular weight is 244 g/mol. The molecule has 1 aliphatic rings.